The average Bonchev–Trinajstić information content (AvgIpc) is 2.77. The number of ether oxygens (including phenoxy) is 1. The van der Waals surface area contributed by atoms with E-state index in [1.165, 1.54) is 0 Å². The minimum atomic E-state index is 0.458. The summed E-state index contributed by atoms with van der Waals surface area (Å²) in [6.45, 7) is 0. The fourth-order valence-electron chi connectivity index (χ4n) is 1.34. The number of para-hydroxylation sites is 1. The Hall–Kier alpha value is -1.06. The number of rotatable bonds is 3. The Morgan fingerprint density at radius 3 is 2.87 bits per heavy atom. The molecule has 0 saturated heterocycles. The minimum Gasteiger partial charge on any atom is -0.496 e. The summed E-state index contributed by atoms with van der Waals surface area (Å²) < 4.78 is 5.29. The van der Waals surface area contributed by atoms with Crippen molar-refractivity contribution in [1.29, 1.82) is 0 Å². The first-order valence-corrected chi connectivity index (χ1v) is 5.84. The predicted molar refractivity (Wildman–Crippen MR) is 63.7 cm³/mol. The summed E-state index contributed by atoms with van der Waals surface area (Å²) in [4.78, 5) is 5.30. The molecule has 0 saturated carbocycles. The van der Waals surface area contributed by atoms with Gasteiger partial charge < -0.3 is 4.74 Å². The average molecular weight is 240 g/mol. The number of alkyl halides is 1. The summed E-state index contributed by atoms with van der Waals surface area (Å²) in [5.41, 5.74) is 1.06. The van der Waals surface area contributed by atoms with E-state index >= 15 is 0 Å². The molecule has 78 valence electrons. The lowest BCUT2D eigenvalue weighted by Gasteiger charge is -2.04. The second kappa shape index (κ2) is 4.64. The molecular formula is C11H10ClNOS. The smallest absolute Gasteiger partial charge is 0.127 e. The van der Waals surface area contributed by atoms with Crippen LogP contribution in [-0.4, -0.2) is 12.1 Å². The molecule has 0 atom stereocenters. The topological polar surface area (TPSA) is 22.1 Å². The Bertz CT molecular complexity index is 455. The number of aromatic nitrogens is 1. The molecule has 0 aliphatic carbocycles. The van der Waals surface area contributed by atoms with E-state index in [0.29, 0.717) is 5.88 Å². The quantitative estimate of drug-likeness (QED) is 0.765. The van der Waals surface area contributed by atoms with Crippen molar-refractivity contribution >= 4 is 22.9 Å². The maximum atomic E-state index is 5.72. The van der Waals surface area contributed by atoms with Gasteiger partial charge in [-0.25, -0.2) is 4.98 Å². The first-order chi connectivity index (χ1) is 7.35. The van der Waals surface area contributed by atoms with Gasteiger partial charge in [-0.15, -0.1) is 22.9 Å². The normalized spacial score (nSPS) is 10.3. The van der Waals surface area contributed by atoms with Crippen molar-refractivity contribution in [1.82, 2.24) is 4.98 Å². The highest BCUT2D eigenvalue weighted by molar-refractivity contribution is 7.15. The zero-order valence-corrected chi connectivity index (χ0v) is 9.81. The first kappa shape index (κ1) is 10.5. The molecule has 2 nitrogen and oxygen atoms in total. The number of halogens is 1. The van der Waals surface area contributed by atoms with Gasteiger partial charge in [-0.1, -0.05) is 12.1 Å². The van der Waals surface area contributed by atoms with E-state index in [1.54, 1.807) is 18.4 Å². The highest BCUT2D eigenvalue weighted by Crippen LogP contribution is 2.33. The summed E-state index contributed by atoms with van der Waals surface area (Å²) in [6, 6.07) is 7.89. The number of hydrogen-bond acceptors (Lipinski definition) is 3. The van der Waals surface area contributed by atoms with Crippen molar-refractivity contribution in [2.75, 3.05) is 7.11 Å². The van der Waals surface area contributed by atoms with Gasteiger partial charge in [-0.05, 0) is 12.1 Å². The highest BCUT2D eigenvalue weighted by atomic mass is 35.5. The highest BCUT2D eigenvalue weighted by Gasteiger charge is 2.08. The van der Waals surface area contributed by atoms with Crippen LogP contribution in [0.5, 0.6) is 5.75 Å². The van der Waals surface area contributed by atoms with Crippen LogP contribution in [0.15, 0.2) is 30.5 Å². The van der Waals surface area contributed by atoms with Crippen LogP contribution >= 0.6 is 22.9 Å². The summed E-state index contributed by atoms with van der Waals surface area (Å²) in [6.07, 6.45) is 1.83. The third-order valence-corrected chi connectivity index (χ3v) is 3.48. The lowest BCUT2D eigenvalue weighted by molar-refractivity contribution is 0.416. The molecule has 0 bridgehead atoms. The Morgan fingerprint density at radius 2 is 2.20 bits per heavy atom. The minimum absolute atomic E-state index is 0.458. The molecule has 4 heteroatoms. The molecule has 1 aromatic heterocycles. The van der Waals surface area contributed by atoms with Crippen LogP contribution in [0.25, 0.3) is 10.4 Å². The second-order valence-electron chi connectivity index (χ2n) is 2.95. The Labute approximate surface area is 97.5 Å². The molecule has 2 rings (SSSR count). The zero-order valence-electron chi connectivity index (χ0n) is 8.24. The van der Waals surface area contributed by atoms with Gasteiger partial charge >= 0.3 is 0 Å². The fraction of sp³-hybridized carbons (Fsp3) is 0.182. The van der Waals surface area contributed by atoms with Crippen molar-refractivity contribution < 1.29 is 4.74 Å². The molecule has 0 spiro atoms. The van der Waals surface area contributed by atoms with Crippen LogP contribution in [-0.2, 0) is 5.88 Å². The second-order valence-corrected chi connectivity index (χ2v) is 4.33. The SMILES string of the molecule is COc1ccccc1-c1cnc(CCl)s1. The number of benzene rings is 1. The van der Waals surface area contributed by atoms with Gasteiger partial charge in [0.15, 0.2) is 0 Å². The largest absolute Gasteiger partial charge is 0.496 e. The molecule has 0 radical (unpaired) electrons. The zero-order chi connectivity index (χ0) is 10.7. The van der Waals surface area contributed by atoms with Crippen LogP contribution in [0.3, 0.4) is 0 Å². The van der Waals surface area contributed by atoms with E-state index in [-0.39, 0.29) is 0 Å². The lowest BCUT2D eigenvalue weighted by Crippen LogP contribution is -1.84. The van der Waals surface area contributed by atoms with Crippen LogP contribution in [0, 0.1) is 0 Å². The molecule has 0 aliphatic rings. The number of methoxy groups -OCH3 is 1. The molecule has 0 aliphatic heterocycles. The van der Waals surface area contributed by atoms with E-state index < -0.39 is 0 Å². The molecule has 15 heavy (non-hydrogen) atoms. The number of nitrogens with zero attached hydrogens (tertiary/aromatic N) is 1. The summed E-state index contributed by atoms with van der Waals surface area (Å²) >= 11 is 7.31. The maximum absolute atomic E-state index is 5.72. The van der Waals surface area contributed by atoms with Gasteiger partial charge in [0, 0.05) is 11.8 Å². The molecule has 0 N–H and O–H groups in total. The molecule has 1 aromatic carbocycles. The van der Waals surface area contributed by atoms with Crippen molar-refractivity contribution in [3.63, 3.8) is 0 Å². The molecule has 0 fully saturated rings. The van der Waals surface area contributed by atoms with E-state index in [9.17, 15) is 0 Å². The summed E-state index contributed by atoms with van der Waals surface area (Å²) in [5.74, 6) is 1.32. The van der Waals surface area contributed by atoms with Gasteiger partial charge in [0.2, 0.25) is 0 Å². The van der Waals surface area contributed by atoms with E-state index in [0.717, 1.165) is 21.2 Å². The van der Waals surface area contributed by atoms with Crippen LogP contribution in [0.4, 0.5) is 0 Å². The molecule has 2 aromatic rings. The van der Waals surface area contributed by atoms with Crippen LogP contribution < -0.4 is 4.74 Å². The lowest BCUT2D eigenvalue weighted by atomic mass is 10.2. The summed E-state index contributed by atoms with van der Waals surface area (Å²) in [7, 11) is 1.67. The van der Waals surface area contributed by atoms with Crippen molar-refractivity contribution in [2.45, 2.75) is 5.88 Å². The van der Waals surface area contributed by atoms with Crippen LogP contribution in [0.2, 0.25) is 0 Å². The van der Waals surface area contributed by atoms with E-state index in [4.69, 9.17) is 16.3 Å². The van der Waals surface area contributed by atoms with Crippen LogP contribution in [0.1, 0.15) is 5.01 Å². The molecule has 0 unspecified atom stereocenters. The molecule has 0 amide bonds. The van der Waals surface area contributed by atoms with Gasteiger partial charge in [0.25, 0.3) is 0 Å². The standard InChI is InChI=1S/C11H10ClNOS/c1-14-9-5-3-2-4-8(9)10-7-13-11(6-12)15-10/h2-5,7H,6H2,1H3. The van der Waals surface area contributed by atoms with Crippen molar-refractivity contribution in [2.24, 2.45) is 0 Å². The third-order valence-electron chi connectivity index (χ3n) is 2.04. The first-order valence-electron chi connectivity index (χ1n) is 4.49. The molecule has 1 heterocycles. The molecular weight excluding hydrogens is 230 g/mol. The maximum Gasteiger partial charge on any atom is 0.127 e. The fourth-order valence-corrected chi connectivity index (χ4v) is 2.38. The number of hydrogen-bond donors (Lipinski definition) is 0. The Morgan fingerprint density at radius 1 is 1.40 bits per heavy atom. The predicted octanol–water partition coefficient (Wildman–Crippen LogP) is 3.56. The van der Waals surface area contributed by atoms with Crippen molar-refractivity contribution in [3.8, 4) is 16.2 Å². The van der Waals surface area contributed by atoms with Gasteiger partial charge in [0.05, 0.1) is 17.9 Å². The van der Waals surface area contributed by atoms with E-state index in [1.807, 2.05) is 30.5 Å². The Balaban J connectivity index is 2.44. The third kappa shape index (κ3) is 2.13. The van der Waals surface area contributed by atoms with E-state index in [2.05, 4.69) is 4.98 Å². The Kier molecular flexibility index (Phi) is 3.23. The van der Waals surface area contributed by atoms with Gasteiger partial charge in [0.1, 0.15) is 10.8 Å². The van der Waals surface area contributed by atoms with Gasteiger partial charge in [-0.2, -0.15) is 0 Å². The summed E-state index contributed by atoms with van der Waals surface area (Å²) in [5, 5.41) is 0.928. The monoisotopic (exact) mass is 239 g/mol. The number of thiazole rings is 1. The van der Waals surface area contributed by atoms with Gasteiger partial charge in [-0.3, -0.25) is 0 Å². The van der Waals surface area contributed by atoms with Crippen molar-refractivity contribution in [3.05, 3.63) is 35.5 Å².